The van der Waals surface area contributed by atoms with Crippen molar-refractivity contribution >= 4 is 5.97 Å². The summed E-state index contributed by atoms with van der Waals surface area (Å²) in [5.41, 5.74) is 0.341. The molecule has 1 aliphatic rings. The Balaban J connectivity index is 2.26. The largest absolute Gasteiger partial charge is 0.481 e. The van der Waals surface area contributed by atoms with Gasteiger partial charge in [0.2, 0.25) is 0 Å². The van der Waals surface area contributed by atoms with E-state index in [0.717, 1.165) is 24.2 Å². The highest BCUT2D eigenvalue weighted by molar-refractivity contribution is 5.66. The molecular weight excluding hydrogens is 272 g/mol. The van der Waals surface area contributed by atoms with Crippen LogP contribution in [-0.4, -0.2) is 11.1 Å². The minimum Gasteiger partial charge on any atom is -0.481 e. The van der Waals surface area contributed by atoms with Crippen molar-refractivity contribution in [3.63, 3.8) is 0 Å². The van der Waals surface area contributed by atoms with E-state index in [0.29, 0.717) is 17.8 Å². The zero-order chi connectivity index (χ0) is 16.8. The Morgan fingerprint density at radius 3 is 2.45 bits per heavy atom. The van der Waals surface area contributed by atoms with Crippen LogP contribution in [0.25, 0.3) is 0 Å². The van der Waals surface area contributed by atoms with Crippen molar-refractivity contribution in [1.82, 2.24) is 0 Å². The van der Waals surface area contributed by atoms with E-state index >= 15 is 0 Å². The number of hydrogen-bond acceptors (Lipinski definition) is 1. The molecule has 0 radical (unpaired) electrons. The normalized spacial score (nSPS) is 26.6. The average Bonchev–Trinajstić information content (AvgIpc) is 2.36. The molecule has 2 heteroatoms. The Kier molecular flexibility index (Phi) is 7.65. The fourth-order valence-corrected chi connectivity index (χ4v) is 4.09. The van der Waals surface area contributed by atoms with Crippen LogP contribution in [0.5, 0.6) is 0 Å². The summed E-state index contributed by atoms with van der Waals surface area (Å²) in [6.07, 6.45) is 12.4. The lowest BCUT2D eigenvalue weighted by Gasteiger charge is -2.40. The Morgan fingerprint density at radius 1 is 1.23 bits per heavy atom. The summed E-state index contributed by atoms with van der Waals surface area (Å²) < 4.78 is 0. The highest BCUT2D eigenvalue weighted by Crippen LogP contribution is 2.43. The average molecular weight is 309 g/mol. The fraction of sp³-hybridized carbons (Fsp3) is 0.850. The third-order valence-corrected chi connectivity index (χ3v) is 5.59. The number of carbonyl (C=O) groups is 1. The highest BCUT2D eigenvalue weighted by atomic mass is 16.4. The van der Waals surface area contributed by atoms with Crippen LogP contribution in [0.2, 0.25) is 0 Å². The van der Waals surface area contributed by atoms with Crippen LogP contribution in [0.3, 0.4) is 0 Å². The molecule has 1 N–H and O–H groups in total. The lowest BCUT2D eigenvalue weighted by Crippen LogP contribution is -2.30. The summed E-state index contributed by atoms with van der Waals surface area (Å²) in [7, 11) is 0. The summed E-state index contributed by atoms with van der Waals surface area (Å²) in [4.78, 5) is 10.7. The molecule has 0 amide bonds. The third kappa shape index (κ3) is 6.54. The number of carboxylic acid groups (broad SMARTS) is 1. The molecule has 0 aromatic heterocycles. The standard InChI is InChI=1S/C20H36O2/c1-15(8-6-9-16(2)14-19(21)22)11-12-18-17(3)10-7-13-20(18,4)5/h7,13,15-18H,6,8-12,14H2,1-5H3,(H,21,22)/t15-,16-,17+,18+/m1/s1. The molecule has 0 heterocycles. The van der Waals surface area contributed by atoms with Crippen molar-refractivity contribution < 1.29 is 9.90 Å². The molecule has 0 aliphatic heterocycles. The molecule has 1 aliphatic carbocycles. The van der Waals surface area contributed by atoms with Gasteiger partial charge in [-0.3, -0.25) is 4.79 Å². The van der Waals surface area contributed by atoms with Crippen molar-refractivity contribution in [1.29, 1.82) is 0 Å². The summed E-state index contributed by atoms with van der Waals surface area (Å²) >= 11 is 0. The lowest BCUT2D eigenvalue weighted by molar-refractivity contribution is -0.138. The van der Waals surface area contributed by atoms with Crippen molar-refractivity contribution in [2.24, 2.45) is 29.1 Å². The molecule has 0 saturated heterocycles. The second-order valence-corrected chi connectivity index (χ2v) is 8.36. The number of allylic oxidation sites excluding steroid dienone is 2. The van der Waals surface area contributed by atoms with Crippen LogP contribution in [0, 0.1) is 29.1 Å². The monoisotopic (exact) mass is 308 g/mol. The van der Waals surface area contributed by atoms with E-state index in [1.165, 1.54) is 32.1 Å². The molecule has 0 spiro atoms. The SMILES string of the molecule is C[C@H](CCC[C@@H](C)CC(=O)O)CC[C@H]1[C@@H](C)CC=CC1(C)C. The smallest absolute Gasteiger partial charge is 0.303 e. The highest BCUT2D eigenvalue weighted by Gasteiger charge is 2.33. The van der Waals surface area contributed by atoms with Crippen LogP contribution in [-0.2, 0) is 4.79 Å². The first-order valence-electron chi connectivity index (χ1n) is 9.12. The van der Waals surface area contributed by atoms with Gasteiger partial charge in [-0.2, -0.15) is 0 Å². The molecule has 0 aromatic carbocycles. The number of rotatable bonds is 9. The van der Waals surface area contributed by atoms with Gasteiger partial charge < -0.3 is 5.11 Å². The molecule has 2 nitrogen and oxygen atoms in total. The molecule has 0 bridgehead atoms. The maximum atomic E-state index is 10.7. The number of aliphatic carboxylic acids is 1. The minimum absolute atomic E-state index is 0.312. The maximum Gasteiger partial charge on any atom is 0.303 e. The van der Waals surface area contributed by atoms with Crippen LogP contribution in [0.4, 0.5) is 0 Å². The fourth-order valence-electron chi connectivity index (χ4n) is 4.09. The Hall–Kier alpha value is -0.790. The first-order chi connectivity index (χ1) is 10.2. The van der Waals surface area contributed by atoms with Gasteiger partial charge in [-0.25, -0.2) is 0 Å². The summed E-state index contributed by atoms with van der Waals surface area (Å²) in [6.45, 7) is 11.6. The molecule has 0 aromatic rings. The van der Waals surface area contributed by atoms with Crippen LogP contribution in [0.1, 0.15) is 79.6 Å². The van der Waals surface area contributed by atoms with Gasteiger partial charge in [0.15, 0.2) is 0 Å². The first kappa shape index (κ1) is 19.3. The molecule has 0 fully saturated rings. The Labute approximate surface area is 137 Å². The van der Waals surface area contributed by atoms with E-state index in [9.17, 15) is 4.79 Å². The summed E-state index contributed by atoms with van der Waals surface area (Å²) in [5.74, 6) is 1.99. The van der Waals surface area contributed by atoms with Gasteiger partial charge in [-0.1, -0.05) is 72.5 Å². The predicted octanol–water partition coefficient (Wildman–Crippen LogP) is 5.92. The zero-order valence-electron chi connectivity index (χ0n) is 15.3. The van der Waals surface area contributed by atoms with Crippen LogP contribution >= 0.6 is 0 Å². The van der Waals surface area contributed by atoms with Gasteiger partial charge in [0, 0.05) is 6.42 Å². The third-order valence-electron chi connectivity index (χ3n) is 5.59. The van der Waals surface area contributed by atoms with Crippen molar-refractivity contribution in [2.75, 3.05) is 0 Å². The Morgan fingerprint density at radius 2 is 1.86 bits per heavy atom. The van der Waals surface area contributed by atoms with Crippen molar-refractivity contribution in [3.8, 4) is 0 Å². The molecule has 4 atom stereocenters. The molecule has 22 heavy (non-hydrogen) atoms. The lowest BCUT2D eigenvalue weighted by atomic mass is 9.65. The first-order valence-corrected chi connectivity index (χ1v) is 9.12. The maximum absolute atomic E-state index is 10.7. The van der Waals surface area contributed by atoms with Crippen LogP contribution < -0.4 is 0 Å². The second-order valence-electron chi connectivity index (χ2n) is 8.36. The van der Waals surface area contributed by atoms with Gasteiger partial charge in [0.05, 0.1) is 0 Å². The number of hydrogen-bond donors (Lipinski definition) is 1. The molecule has 128 valence electrons. The zero-order valence-corrected chi connectivity index (χ0v) is 15.3. The summed E-state index contributed by atoms with van der Waals surface area (Å²) in [5, 5.41) is 8.79. The predicted molar refractivity (Wildman–Crippen MR) is 93.9 cm³/mol. The second kappa shape index (κ2) is 8.74. The van der Waals surface area contributed by atoms with E-state index < -0.39 is 5.97 Å². The van der Waals surface area contributed by atoms with Crippen molar-refractivity contribution in [3.05, 3.63) is 12.2 Å². The van der Waals surface area contributed by atoms with Gasteiger partial charge in [0.25, 0.3) is 0 Å². The van der Waals surface area contributed by atoms with E-state index in [1.54, 1.807) is 0 Å². The number of carboxylic acids is 1. The molecule has 1 rings (SSSR count). The Bertz CT molecular complexity index is 370. The van der Waals surface area contributed by atoms with E-state index in [-0.39, 0.29) is 0 Å². The van der Waals surface area contributed by atoms with E-state index in [4.69, 9.17) is 5.11 Å². The van der Waals surface area contributed by atoms with Gasteiger partial charge in [-0.05, 0) is 41.9 Å². The topological polar surface area (TPSA) is 37.3 Å². The van der Waals surface area contributed by atoms with Crippen molar-refractivity contribution in [2.45, 2.75) is 79.6 Å². The molecule has 0 saturated carbocycles. The quantitative estimate of drug-likeness (QED) is 0.537. The van der Waals surface area contributed by atoms with Crippen LogP contribution in [0.15, 0.2) is 12.2 Å². The van der Waals surface area contributed by atoms with E-state index in [1.807, 2.05) is 0 Å². The molecule has 0 unspecified atom stereocenters. The van der Waals surface area contributed by atoms with Gasteiger partial charge in [-0.15, -0.1) is 0 Å². The van der Waals surface area contributed by atoms with Gasteiger partial charge in [0.1, 0.15) is 0 Å². The molecular formula is C20H36O2. The minimum atomic E-state index is -0.665. The summed E-state index contributed by atoms with van der Waals surface area (Å²) in [6, 6.07) is 0. The van der Waals surface area contributed by atoms with E-state index in [2.05, 4.69) is 46.8 Å². The van der Waals surface area contributed by atoms with Gasteiger partial charge >= 0.3 is 5.97 Å².